The number of rotatable bonds is 13. The molecule has 1 amide bonds. The summed E-state index contributed by atoms with van der Waals surface area (Å²) in [5, 5.41) is -0.101. The number of methoxy groups -OCH3 is 1. The number of ether oxygens (including phenoxy) is 3. The number of amides is 1. The summed E-state index contributed by atoms with van der Waals surface area (Å²) in [5.41, 5.74) is 3.32. The Hall–Kier alpha value is -2.67. The molecule has 1 saturated carbocycles. The van der Waals surface area contributed by atoms with Gasteiger partial charge in [-0.1, -0.05) is 36.7 Å². The molecule has 0 N–H and O–H groups in total. The molecule has 1 heterocycles. The topological polar surface area (TPSA) is 133 Å². The van der Waals surface area contributed by atoms with Gasteiger partial charge >= 0.3 is 0 Å². The van der Waals surface area contributed by atoms with E-state index in [2.05, 4.69) is 13.0 Å². The fourth-order valence-electron chi connectivity index (χ4n) is 6.02. The zero-order valence-electron chi connectivity index (χ0n) is 28.2. The molecule has 0 aromatic heterocycles. The fourth-order valence-corrected chi connectivity index (χ4v) is 7.44. The average Bonchev–Trinajstić information content (AvgIpc) is 3.56. The van der Waals surface area contributed by atoms with Gasteiger partial charge in [-0.3, -0.25) is 19.2 Å². The summed E-state index contributed by atoms with van der Waals surface area (Å²) in [6.45, 7) is 7.37. The second kappa shape index (κ2) is 18.4. The number of benzene rings is 2. The highest BCUT2D eigenvalue weighted by Crippen LogP contribution is 2.33. The van der Waals surface area contributed by atoms with Crippen molar-refractivity contribution in [1.29, 1.82) is 0 Å². The molecule has 48 heavy (non-hydrogen) atoms. The van der Waals surface area contributed by atoms with E-state index < -0.39 is 33.1 Å². The van der Waals surface area contributed by atoms with Crippen molar-refractivity contribution >= 4 is 62.0 Å². The molecular formula is C35H45Cl2NO9S. The molecule has 2 unspecified atom stereocenters. The van der Waals surface area contributed by atoms with Gasteiger partial charge in [-0.25, -0.2) is 8.42 Å². The second-order valence-electron chi connectivity index (χ2n) is 12.0. The highest BCUT2D eigenvalue weighted by atomic mass is 35.5. The number of Topliss-reactive ketones (excluding diaryl/α,β-unsaturated/α-hetero) is 3. The van der Waals surface area contributed by atoms with Crippen LogP contribution in [0.15, 0.2) is 35.2 Å². The molecule has 10 nitrogen and oxygen atoms in total. The lowest BCUT2D eigenvalue weighted by Gasteiger charge is -2.31. The highest BCUT2D eigenvalue weighted by Gasteiger charge is 2.38. The maximum atomic E-state index is 12.9. The van der Waals surface area contributed by atoms with E-state index in [1.165, 1.54) is 12.1 Å². The predicted octanol–water partition coefficient (Wildman–Crippen LogP) is 5.72. The molecule has 2 atom stereocenters. The molecule has 2 fully saturated rings. The highest BCUT2D eigenvalue weighted by molar-refractivity contribution is 7.90. The number of nitrogens with zero attached hydrogens (tertiary/aromatic N) is 1. The molecule has 2 aromatic rings. The van der Waals surface area contributed by atoms with Crippen molar-refractivity contribution in [2.45, 2.75) is 82.9 Å². The van der Waals surface area contributed by atoms with Crippen molar-refractivity contribution in [3.8, 4) is 0 Å². The Labute approximate surface area is 293 Å². The second-order valence-corrected chi connectivity index (χ2v) is 14.7. The molecule has 0 spiro atoms. The van der Waals surface area contributed by atoms with E-state index in [1.807, 2.05) is 26.0 Å². The third kappa shape index (κ3) is 9.95. The number of halogens is 2. The number of carbonyl (C=O) groups excluding carboxylic acids is 4. The first kappa shape index (κ1) is 39.8. The fraction of sp³-hybridized carbons (Fsp3) is 0.543. The Morgan fingerprint density at radius 1 is 1.10 bits per heavy atom. The van der Waals surface area contributed by atoms with Crippen LogP contribution in [0.4, 0.5) is 5.69 Å². The lowest BCUT2D eigenvalue weighted by molar-refractivity contribution is -0.133. The average molecular weight is 727 g/mol. The van der Waals surface area contributed by atoms with Gasteiger partial charge in [0.05, 0.1) is 47.6 Å². The normalized spacial score (nSPS) is 17.5. The van der Waals surface area contributed by atoms with Crippen molar-refractivity contribution in [1.82, 2.24) is 0 Å². The molecule has 13 heteroatoms. The number of ketones is 3. The van der Waals surface area contributed by atoms with Crippen LogP contribution in [-0.2, 0) is 51.5 Å². The first-order valence-corrected chi connectivity index (χ1v) is 18.8. The van der Waals surface area contributed by atoms with Crippen molar-refractivity contribution in [2.75, 3.05) is 44.0 Å². The summed E-state index contributed by atoms with van der Waals surface area (Å²) < 4.78 is 40.6. The number of hydrogen-bond acceptors (Lipinski definition) is 9. The number of aryl methyl sites for hydroxylation is 2. The van der Waals surface area contributed by atoms with Crippen LogP contribution in [0.25, 0.3) is 0 Å². The monoisotopic (exact) mass is 725 g/mol. The van der Waals surface area contributed by atoms with Gasteiger partial charge in [0, 0.05) is 43.9 Å². The van der Waals surface area contributed by atoms with E-state index >= 15 is 0 Å². The lowest BCUT2D eigenvalue weighted by Crippen LogP contribution is -2.43. The summed E-state index contributed by atoms with van der Waals surface area (Å²) in [4.78, 5) is 51.1. The van der Waals surface area contributed by atoms with Crippen LogP contribution in [0.2, 0.25) is 5.02 Å². The molecule has 1 aliphatic heterocycles. The minimum atomic E-state index is -3.64. The van der Waals surface area contributed by atoms with Gasteiger partial charge in [0.15, 0.2) is 27.2 Å². The maximum absolute atomic E-state index is 12.9. The predicted molar refractivity (Wildman–Crippen MR) is 185 cm³/mol. The van der Waals surface area contributed by atoms with Crippen molar-refractivity contribution in [3.05, 3.63) is 57.6 Å². The van der Waals surface area contributed by atoms with Gasteiger partial charge in [0.2, 0.25) is 5.91 Å². The number of anilines is 1. The Bertz CT molecular complexity index is 1570. The van der Waals surface area contributed by atoms with Gasteiger partial charge in [0.1, 0.15) is 11.8 Å². The largest absolute Gasteiger partial charge is 0.383 e. The van der Waals surface area contributed by atoms with Gasteiger partial charge in [-0.15, -0.1) is 11.6 Å². The van der Waals surface area contributed by atoms with Gasteiger partial charge in [-0.05, 0) is 62.8 Å². The number of alkyl halides is 1. The van der Waals surface area contributed by atoms with Crippen LogP contribution in [0.3, 0.4) is 0 Å². The van der Waals surface area contributed by atoms with Crippen molar-refractivity contribution in [3.63, 3.8) is 0 Å². The summed E-state index contributed by atoms with van der Waals surface area (Å²) in [6.07, 6.45) is 4.42. The van der Waals surface area contributed by atoms with Crippen LogP contribution in [0.5, 0.6) is 0 Å². The third-order valence-electron chi connectivity index (χ3n) is 8.37. The number of sulfone groups is 1. The molecule has 0 bridgehead atoms. The first-order valence-electron chi connectivity index (χ1n) is 16.0. The van der Waals surface area contributed by atoms with Crippen molar-refractivity contribution in [2.24, 2.45) is 5.92 Å². The van der Waals surface area contributed by atoms with E-state index in [4.69, 9.17) is 37.4 Å². The van der Waals surface area contributed by atoms with Gasteiger partial charge in [-0.2, -0.15) is 0 Å². The van der Waals surface area contributed by atoms with Crippen LogP contribution in [0.1, 0.15) is 73.0 Å². The molecule has 1 saturated heterocycles. The van der Waals surface area contributed by atoms with Gasteiger partial charge < -0.3 is 19.1 Å². The number of carbonyl (C=O) groups is 4. The Kier molecular flexibility index (Phi) is 15.2. The van der Waals surface area contributed by atoms with E-state index in [0.29, 0.717) is 19.6 Å². The quantitative estimate of drug-likeness (QED) is 0.144. The van der Waals surface area contributed by atoms with Crippen molar-refractivity contribution < 1.29 is 41.8 Å². The third-order valence-corrected chi connectivity index (χ3v) is 10.2. The Balaban J connectivity index is 0.000000286. The van der Waals surface area contributed by atoms with E-state index in [-0.39, 0.29) is 71.0 Å². The number of para-hydroxylation sites is 1. The first-order chi connectivity index (χ1) is 22.8. The summed E-state index contributed by atoms with van der Waals surface area (Å²) in [6, 6.07) is 8.58. The van der Waals surface area contributed by atoms with Crippen LogP contribution >= 0.6 is 23.2 Å². The van der Waals surface area contributed by atoms with Crippen LogP contribution in [0, 0.1) is 12.8 Å². The van der Waals surface area contributed by atoms with E-state index in [0.717, 1.165) is 42.3 Å². The SMILES string of the molecule is CCc1cccc(C)c1N(C(=O)CCl)C(C)COC.CS(=O)(=O)c1ccc(C(=O)C2C(=O)CCCC2=O)c(Cl)c1COCC1CCCO1. The van der Waals surface area contributed by atoms with E-state index in [9.17, 15) is 27.6 Å². The van der Waals surface area contributed by atoms with Gasteiger partial charge in [0.25, 0.3) is 0 Å². The molecule has 264 valence electrons. The van der Waals surface area contributed by atoms with Crippen LogP contribution in [-0.4, -0.2) is 82.9 Å². The standard InChI is InChI=1S/C20H23ClO7S.C15H22ClNO2/c1-29(25,26)17-8-7-13(20(24)18-15(22)5-2-6-16(18)23)19(21)14(17)11-27-10-12-4-3-9-28-12;1-5-13-8-6-7-11(2)15(13)17(14(18)9-16)12(3)10-19-4/h7-8,12,18H,2-6,9-11H2,1H3;6-8,12H,5,9-10H2,1-4H3. The summed E-state index contributed by atoms with van der Waals surface area (Å²) in [5.74, 6) is -3.02. The molecular weight excluding hydrogens is 681 g/mol. The zero-order valence-corrected chi connectivity index (χ0v) is 30.5. The molecule has 4 rings (SSSR count). The molecule has 2 aromatic carbocycles. The Morgan fingerprint density at radius 2 is 1.79 bits per heavy atom. The zero-order chi connectivity index (χ0) is 35.6. The maximum Gasteiger partial charge on any atom is 0.242 e. The smallest absolute Gasteiger partial charge is 0.242 e. The van der Waals surface area contributed by atoms with E-state index in [1.54, 1.807) is 12.0 Å². The summed E-state index contributed by atoms with van der Waals surface area (Å²) in [7, 11) is -2.00. The molecule has 1 aliphatic carbocycles. The minimum Gasteiger partial charge on any atom is -0.383 e. The van der Waals surface area contributed by atoms with Crippen LogP contribution < -0.4 is 4.90 Å². The number of hydrogen-bond donors (Lipinski definition) is 0. The summed E-state index contributed by atoms with van der Waals surface area (Å²) >= 11 is 12.2. The molecule has 0 radical (unpaired) electrons. The lowest BCUT2D eigenvalue weighted by atomic mass is 9.81. The molecule has 2 aliphatic rings. The Morgan fingerprint density at radius 3 is 2.35 bits per heavy atom. The minimum absolute atomic E-state index is 0.0223.